The molecule has 31 heavy (non-hydrogen) atoms. The normalized spacial score (nSPS) is 18.6. The highest BCUT2D eigenvalue weighted by molar-refractivity contribution is 6.30. The predicted octanol–water partition coefficient (Wildman–Crippen LogP) is 5.46. The number of rotatable bonds is 5. The van der Waals surface area contributed by atoms with Gasteiger partial charge in [0.25, 0.3) is 5.91 Å². The molecule has 0 unspecified atom stereocenters. The van der Waals surface area contributed by atoms with Gasteiger partial charge >= 0.3 is 0 Å². The lowest BCUT2D eigenvalue weighted by molar-refractivity contribution is 0.0540. The van der Waals surface area contributed by atoms with Gasteiger partial charge in [0, 0.05) is 36.6 Å². The smallest absolute Gasteiger partial charge is 0.254 e. The number of amides is 1. The monoisotopic (exact) mass is 434 g/mol. The zero-order valence-electron chi connectivity index (χ0n) is 17.9. The molecule has 160 valence electrons. The molecule has 2 aromatic heterocycles. The van der Waals surface area contributed by atoms with E-state index >= 15 is 0 Å². The van der Waals surface area contributed by atoms with Crippen molar-refractivity contribution in [3.8, 4) is 11.3 Å². The molecule has 1 aliphatic rings. The number of pyridine rings is 2. The molecular weight excluding hydrogens is 408 g/mol. The average molecular weight is 435 g/mol. The van der Waals surface area contributed by atoms with Crippen LogP contribution in [0.1, 0.15) is 35.7 Å². The lowest BCUT2D eigenvalue weighted by atomic mass is 9.89. The minimum Gasteiger partial charge on any atom is -0.368 e. The first-order valence-corrected chi connectivity index (χ1v) is 11.1. The number of hydrogen-bond donors (Lipinski definition) is 1. The van der Waals surface area contributed by atoms with E-state index in [-0.39, 0.29) is 11.9 Å². The number of carbonyl (C=O) groups excluding carboxylic acids is 1. The number of nitrogens with zero attached hydrogens (tertiary/aromatic N) is 3. The lowest BCUT2D eigenvalue weighted by Crippen LogP contribution is -2.51. The van der Waals surface area contributed by atoms with Crippen LogP contribution in [0.4, 0.5) is 5.82 Å². The quantitative estimate of drug-likeness (QED) is 0.579. The van der Waals surface area contributed by atoms with Crippen molar-refractivity contribution >= 4 is 23.3 Å². The van der Waals surface area contributed by atoms with Crippen molar-refractivity contribution in [1.29, 1.82) is 0 Å². The van der Waals surface area contributed by atoms with E-state index in [0.717, 1.165) is 42.0 Å². The second kappa shape index (κ2) is 9.48. The maximum absolute atomic E-state index is 13.8. The van der Waals surface area contributed by atoms with Crippen LogP contribution < -0.4 is 5.32 Å². The summed E-state index contributed by atoms with van der Waals surface area (Å²) in [6.07, 6.45) is 5.50. The first-order chi connectivity index (χ1) is 15.0. The van der Waals surface area contributed by atoms with Crippen LogP contribution in [-0.2, 0) is 0 Å². The first-order valence-electron chi connectivity index (χ1n) is 10.7. The van der Waals surface area contributed by atoms with Gasteiger partial charge in [-0.2, -0.15) is 0 Å². The third-order valence-electron chi connectivity index (χ3n) is 5.94. The van der Waals surface area contributed by atoms with Gasteiger partial charge in [0.2, 0.25) is 0 Å². The molecule has 1 fully saturated rings. The number of piperidine rings is 1. The van der Waals surface area contributed by atoms with Crippen molar-refractivity contribution < 1.29 is 4.79 Å². The van der Waals surface area contributed by atoms with Gasteiger partial charge in [-0.1, -0.05) is 42.3 Å². The fraction of sp³-hybridized carbons (Fsp3) is 0.320. The summed E-state index contributed by atoms with van der Waals surface area (Å²) in [5.74, 6) is 1.21. The van der Waals surface area contributed by atoms with Crippen LogP contribution in [0.2, 0.25) is 5.02 Å². The summed E-state index contributed by atoms with van der Waals surface area (Å²) in [6, 6.07) is 15.6. The number of carbonyl (C=O) groups is 1. The highest BCUT2D eigenvalue weighted by atomic mass is 35.5. The van der Waals surface area contributed by atoms with Gasteiger partial charge in [0.1, 0.15) is 5.82 Å². The first kappa shape index (κ1) is 21.3. The number of halogens is 1. The van der Waals surface area contributed by atoms with E-state index in [0.29, 0.717) is 23.0 Å². The Morgan fingerprint density at radius 2 is 2.06 bits per heavy atom. The van der Waals surface area contributed by atoms with Crippen molar-refractivity contribution in [3.63, 3.8) is 0 Å². The average Bonchev–Trinajstić information content (AvgIpc) is 2.79. The highest BCUT2D eigenvalue weighted by Crippen LogP contribution is 2.29. The summed E-state index contributed by atoms with van der Waals surface area (Å²) >= 11 is 5.95. The third kappa shape index (κ3) is 4.88. The van der Waals surface area contributed by atoms with Crippen molar-refractivity contribution in [2.75, 3.05) is 18.4 Å². The molecule has 0 saturated carbocycles. The molecule has 0 bridgehead atoms. The van der Waals surface area contributed by atoms with Crippen molar-refractivity contribution in [1.82, 2.24) is 14.9 Å². The van der Waals surface area contributed by atoms with Crippen LogP contribution in [0, 0.1) is 12.8 Å². The van der Waals surface area contributed by atoms with Gasteiger partial charge in [-0.25, -0.2) is 4.98 Å². The fourth-order valence-electron chi connectivity index (χ4n) is 4.24. The molecule has 3 heterocycles. The van der Waals surface area contributed by atoms with Crippen LogP contribution in [0.3, 0.4) is 0 Å². The number of benzene rings is 1. The Bertz CT molecular complexity index is 1040. The van der Waals surface area contributed by atoms with Gasteiger partial charge in [-0.05, 0) is 56.0 Å². The summed E-state index contributed by atoms with van der Waals surface area (Å²) in [5, 5.41) is 4.00. The van der Waals surface area contributed by atoms with Crippen LogP contribution in [-0.4, -0.2) is 39.9 Å². The number of aromatic nitrogens is 2. The topological polar surface area (TPSA) is 58.1 Å². The Labute approximate surface area is 188 Å². The molecular formula is C25H27ClN4O. The van der Waals surface area contributed by atoms with Gasteiger partial charge in [0.15, 0.2) is 0 Å². The van der Waals surface area contributed by atoms with Gasteiger partial charge in [0.05, 0.1) is 16.8 Å². The molecule has 5 nitrogen and oxygen atoms in total. The molecule has 4 rings (SSSR count). The molecule has 3 aromatic rings. The van der Waals surface area contributed by atoms with E-state index in [4.69, 9.17) is 11.6 Å². The van der Waals surface area contributed by atoms with Crippen molar-refractivity contribution in [3.05, 3.63) is 77.1 Å². The van der Waals surface area contributed by atoms with E-state index < -0.39 is 0 Å². The standard InChI is InChI=1S/C25H27ClN4O/c1-17-8-10-20(22-7-3-4-12-27-22)21(14-17)25(31)30-13-5-6-18(2)23(30)16-29-24-11-9-19(26)15-28-24/h3-4,7-12,14-15,18,23H,5-6,13,16H2,1-2H3,(H,28,29)/t18-,23-/m1/s1. The Morgan fingerprint density at radius 1 is 1.19 bits per heavy atom. The largest absolute Gasteiger partial charge is 0.368 e. The zero-order valence-corrected chi connectivity index (χ0v) is 18.6. The Kier molecular flexibility index (Phi) is 6.52. The van der Waals surface area contributed by atoms with E-state index in [1.165, 1.54) is 0 Å². The SMILES string of the molecule is Cc1ccc(-c2ccccn2)c(C(=O)N2CCC[C@@H](C)[C@H]2CNc2ccc(Cl)cn2)c1. The van der Waals surface area contributed by atoms with Crippen LogP contribution >= 0.6 is 11.6 Å². The maximum atomic E-state index is 13.8. The molecule has 1 aromatic carbocycles. The zero-order chi connectivity index (χ0) is 21.8. The summed E-state index contributed by atoms with van der Waals surface area (Å²) in [6.45, 7) is 5.63. The van der Waals surface area contributed by atoms with E-state index in [9.17, 15) is 4.79 Å². The second-order valence-electron chi connectivity index (χ2n) is 8.19. The van der Waals surface area contributed by atoms with E-state index in [1.54, 1.807) is 12.4 Å². The Balaban J connectivity index is 1.61. The van der Waals surface area contributed by atoms with Gasteiger partial charge in [-0.3, -0.25) is 9.78 Å². The van der Waals surface area contributed by atoms with Gasteiger partial charge < -0.3 is 10.2 Å². The van der Waals surface area contributed by atoms with E-state index in [2.05, 4.69) is 22.2 Å². The third-order valence-corrected chi connectivity index (χ3v) is 6.17. The number of hydrogen-bond acceptors (Lipinski definition) is 4. The molecule has 0 spiro atoms. The van der Waals surface area contributed by atoms with E-state index in [1.807, 2.05) is 60.4 Å². The number of nitrogens with one attached hydrogen (secondary N) is 1. The minimum absolute atomic E-state index is 0.0618. The molecule has 0 radical (unpaired) electrons. The fourth-order valence-corrected chi connectivity index (χ4v) is 4.35. The molecule has 1 saturated heterocycles. The molecule has 1 amide bonds. The lowest BCUT2D eigenvalue weighted by Gasteiger charge is -2.40. The van der Waals surface area contributed by atoms with Crippen molar-refractivity contribution in [2.45, 2.75) is 32.7 Å². The van der Waals surface area contributed by atoms with Crippen molar-refractivity contribution in [2.24, 2.45) is 5.92 Å². The Morgan fingerprint density at radius 3 is 2.81 bits per heavy atom. The van der Waals surface area contributed by atoms with Crippen LogP contribution in [0.15, 0.2) is 60.9 Å². The summed E-state index contributed by atoms with van der Waals surface area (Å²) in [4.78, 5) is 24.6. The molecule has 6 heteroatoms. The van der Waals surface area contributed by atoms with Gasteiger partial charge in [-0.15, -0.1) is 0 Å². The molecule has 1 N–H and O–H groups in total. The summed E-state index contributed by atoms with van der Waals surface area (Å²) in [5.41, 5.74) is 3.46. The second-order valence-corrected chi connectivity index (χ2v) is 8.63. The molecule has 1 aliphatic heterocycles. The molecule has 0 aliphatic carbocycles. The number of anilines is 1. The highest BCUT2D eigenvalue weighted by Gasteiger charge is 2.33. The predicted molar refractivity (Wildman–Crippen MR) is 125 cm³/mol. The maximum Gasteiger partial charge on any atom is 0.254 e. The number of likely N-dealkylation sites (tertiary alicyclic amines) is 1. The summed E-state index contributed by atoms with van der Waals surface area (Å²) < 4.78 is 0. The summed E-state index contributed by atoms with van der Waals surface area (Å²) in [7, 11) is 0. The van der Waals surface area contributed by atoms with Crippen LogP contribution in [0.25, 0.3) is 11.3 Å². The molecule has 2 atom stereocenters. The Hall–Kier alpha value is -2.92. The number of aryl methyl sites for hydroxylation is 1. The van der Waals surface area contributed by atoms with Crippen LogP contribution in [0.5, 0.6) is 0 Å². The minimum atomic E-state index is 0.0618.